The minimum atomic E-state index is -4.51. The van der Waals surface area contributed by atoms with Crippen molar-refractivity contribution in [2.45, 2.75) is 11.0 Å². The van der Waals surface area contributed by atoms with Crippen LogP contribution in [0.4, 0.5) is 0 Å². The van der Waals surface area contributed by atoms with Crippen molar-refractivity contribution in [2.24, 2.45) is 0 Å². The summed E-state index contributed by atoms with van der Waals surface area (Å²) >= 11 is 0. The Morgan fingerprint density at radius 2 is 1.90 bits per heavy atom. The quantitative estimate of drug-likeness (QED) is 0.516. The van der Waals surface area contributed by atoms with Gasteiger partial charge in [0.2, 0.25) is 0 Å². The van der Waals surface area contributed by atoms with Crippen LogP contribution in [0.2, 0.25) is 0 Å². The lowest BCUT2D eigenvalue weighted by Crippen LogP contribution is -2.50. The van der Waals surface area contributed by atoms with Gasteiger partial charge in [0.1, 0.15) is 0 Å². The first kappa shape index (κ1) is 15.4. The van der Waals surface area contributed by atoms with E-state index in [4.69, 9.17) is 9.47 Å². The zero-order chi connectivity index (χ0) is 15.5. The van der Waals surface area contributed by atoms with E-state index in [2.05, 4.69) is 0 Å². The molecule has 0 radical (unpaired) electrons. The first-order valence-corrected chi connectivity index (χ1v) is 7.55. The third kappa shape index (κ3) is 3.21. The van der Waals surface area contributed by atoms with Crippen LogP contribution in [0.1, 0.15) is 10.4 Å². The van der Waals surface area contributed by atoms with Gasteiger partial charge in [-0.1, -0.05) is 36.4 Å². The molecule has 0 heterocycles. The molecule has 0 saturated heterocycles. The molecule has 0 saturated carbocycles. The molecule has 2 atom stereocenters. The van der Waals surface area contributed by atoms with E-state index >= 15 is 0 Å². The number of allylic oxidation sites excluding steroid dienone is 2. The van der Waals surface area contributed by atoms with Crippen molar-refractivity contribution in [3.05, 3.63) is 60.2 Å². The normalized spacial score (nSPS) is 24.8. The highest BCUT2D eigenvalue weighted by atomic mass is 32.2. The van der Waals surface area contributed by atoms with E-state index in [1.54, 1.807) is 18.2 Å². The molecule has 112 valence electrons. The van der Waals surface area contributed by atoms with Crippen LogP contribution in [0.25, 0.3) is 0 Å². The summed E-state index contributed by atoms with van der Waals surface area (Å²) in [6.07, 6.45) is 5.36. The number of esters is 1. The summed E-state index contributed by atoms with van der Waals surface area (Å²) < 4.78 is 42.6. The second kappa shape index (κ2) is 5.80. The Labute approximate surface area is 122 Å². The van der Waals surface area contributed by atoms with Gasteiger partial charge >= 0.3 is 5.97 Å². The van der Waals surface area contributed by atoms with E-state index in [1.807, 2.05) is 0 Å². The Morgan fingerprint density at radius 1 is 1.24 bits per heavy atom. The van der Waals surface area contributed by atoms with Gasteiger partial charge in [-0.2, -0.15) is 8.42 Å². The van der Waals surface area contributed by atoms with Crippen molar-refractivity contribution in [3.63, 3.8) is 0 Å². The van der Waals surface area contributed by atoms with Crippen molar-refractivity contribution >= 4 is 16.1 Å². The van der Waals surface area contributed by atoms with Gasteiger partial charge in [0.15, 0.2) is 5.25 Å². The number of methoxy groups -OCH3 is 1. The zero-order valence-electron chi connectivity index (χ0n) is 11.2. The predicted octanol–water partition coefficient (Wildman–Crippen LogP) is 1.57. The lowest BCUT2D eigenvalue weighted by molar-refractivity contribution is -0.148. The number of hydrogen-bond donors (Lipinski definition) is 1. The van der Waals surface area contributed by atoms with Crippen molar-refractivity contribution in [1.82, 2.24) is 0 Å². The number of carbonyl (C=O) groups excluding carboxylic acids is 1. The molecule has 0 bridgehead atoms. The zero-order valence-corrected chi connectivity index (χ0v) is 12.0. The van der Waals surface area contributed by atoms with Crippen molar-refractivity contribution < 1.29 is 27.2 Å². The van der Waals surface area contributed by atoms with Gasteiger partial charge in [0.05, 0.1) is 5.56 Å². The fourth-order valence-corrected chi connectivity index (χ4v) is 2.91. The molecule has 0 fully saturated rings. The molecular weight excluding hydrogens is 296 g/mol. The molecule has 0 aliphatic heterocycles. The average Bonchev–Trinajstić information content (AvgIpc) is 2.47. The molecule has 1 aromatic rings. The Kier molecular flexibility index (Phi) is 4.26. The lowest BCUT2D eigenvalue weighted by atomic mass is 10.1. The Hall–Kier alpha value is -1.96. The highest BCUT2D eigenvalue weighted by Gasteiger charge is 2.48. The second-order valence-electron chi connectivity index (χ2n) is 4.36. The molecule has 1 aromatic carbocycles. The monoisotopic (exact) mass is 310 g/mol. The van der Waals surface area contributed by atoms with Gasteiger partial charge < -0.3 is 9.47 Å². The van der Waals surface area contributed by atoms with Crippen LogP contribution >= 0.6 is 0 Å². The van der Waals surface area contributed by atoms with Gasteiger partial charge in [-0.05, 0) is 18.2 Å². The predicted molar refractivity (Wildman–Crippen MR) is 75.2 cm³/mol. The molecular formula is C14H14O6S. The van der Waals surface area contributed by atoms with Crippen LogP contribution in [0.3, 0.4) is 0 Å². The molecule has 1 N–H and O–H groups in total. The minimum Gasteiger partial charge on any atom is -0.424 e. The number of ether oxygens (including phenoxy) is 2. The van der Waals surface area contributed by atoms with E-state index in [0.717, 1.165) is 0 Å². The molecule has 6 nitrogen and oxygen atoms in total. The van der Waals surface area contributed by atoms with Crippen molar-refractivity contribution in [1.29, 1.82) is 0 Å². The third-order valence-electron chi connectivity index (χ3n) is 3.02. The van der Waals surface area contributed by atoms with E-state index in [9.17, 15) is 17.8 Å². The smallest absolute Gasteiger partial charge is 0.340 e. The number of benzene rings is 1. The topological polar surface area (TPSA) is 89.9 Å². The summed E-state index contributed by atoms with van der Waals surface area (Å²) in [5.41, 5.74) is 0.242. The number of hydrogen-bond acceptors (Lipinski definition) is 5. The standard InChI is InChI=1S/C14H14O6S/c1-19-14(10-6-5-9-12(14)21(16,17)18)20-13(15)11-7-3-2-4-8-11/h2-10,12H,1H3,(H,16,17,18). The molecule has 0 aromatic heterocycles. The van der Waals surface area contributed by atoms with Crippen LogP contribution in [-0.4, -0.2) is 37.1 Å². The fraction of sp³-hybridized carbons (Fsp3) is 0.214. The Balaban J connectivity index is 2.35. The van der Waals surface area contributed by atoms with E-state index in [1.165, 1.54) is 43.5 Å². The van der Waals surface area contributed by atoms with E-state index < -0.39 is 27.1 Å². The van der Waals surface area contributed by atoms with Gasteiger partial charge in [-0.15, -0.1) is 0 Å². The minimum absolute atomic E-state index is 0.242. The fourth-order valence-electron chi connectivity index (χ4n) is 1.99. The summed E-state index contributed by atoms with van der Waals surface area (Å²) in [4.78, 5) is 12.1. The molecule has 2 unspecified atom stereocenters. The van der Waals surface area contributed by atoms with Crippen LogP contribution < -0.4 is 0 Å². The summed E-state index contributed by atoms with van der Waals surface area (Å²) in [6, 6.07) is 8.07. The Bertz CT molecular complexity index is 677. The van der Waals surface area contributed by atoms with Gasteiger partial charge in [-0.3, -0.25) is 4.55 Å². The summed E-state index contributed by atoms with van der Waals surface area (Å²) in [5.74, 6) is -2.67. The molecule has 1 aliphatic rings. The summed E-state index contributed by atoms with van der Waals surface area (Å²) in [7, 11) is -3.32. The van der Waals surface area contributed by atoms with Crippen LogP contribution in [0.15, 0.2) is 54.6 Å². The molecule has 0 amide bonds. The maximum absolute atomic E-state index is 12.1. The maximum atomic E-state index is 12.1. The highest BCUT2D eigenvalue weighted by molar-refractivity contribution is 7.86. The first-order chi connectivity index (χ1) is 9.89. The van der Waals surface area contributed by atoms with Crippen LogP contribution in [0, 0.1) is 0 Å². The van der Waals surface area contributed by atoms with Crippen LogP contribution in [0.5, 0.6) is 0 Å². The number of carbonyl (C=O) groups is 1. The maximum Gasteiger partial charge on any atom is 0.340 e. The Morgan fingerprint density at radius 3 is 2.48 bits per heavy atom. The molecule has 21 heavy (non-hydrogen) atoms. The van der Waals surface area contributed by atoms with Gasteiger partial charge in [0, 0.05) is 7.11 Å². The van der Waals surface area contributed by atoms with Gasteiger partial charge in [-0.25, -0.2) is 4.79 Å². The molecule has 1 aliphatic carbocycles. The molecule has 2 rings (SSSR count). The van der Waals surface area contributed by atoms with E-state index in [-0.39, 0.29) is 5.56 Å². The summed E-state index contributed by atoms with van der Waals surface area (Å²) in [6.45, 7) is 0. The second-order valence-corrected chi connectivity index (χ2v) is 5.90. The summed E-state index contributed by atoms with van der Waals surface area (Å²) in [5, 5.41) is -1.53. The third-order valence-corrected chi connectivity index (χ3v) is 4.15. The lowest BCUT2D eigenvalue weighted by Gasteiger charge is -2.34. The molecule has 0 spiro atoms. The van der Waals surface area contributed by atoms with Gasteiger partial charge in [0.25, 0.3) is 15.9 Å². The highest BCUT2D eigenvalue weighted by Crippen LogP contribution is 2.30. The number of rotatable bonds is 4. The SMILES string of the molecule is COC1(OC(=O)c2ccccc2)C=CC=CC1S(=O)(=O)O. The van der Waals surface area contributed by atoms with Crippen LogP contribution in [-0.2, 0) is 19.6 Å². The first-order valence-electron chi connectivity index (χ1n) is 6.05. The van der Waals surface area contributed by atoms with Crippen molar-refractivity contribution in [2.75, 3.05) is 7.11 Å². The van der Waals surface area contributed by atoms with Crippen molar-refractivity contribution in [3.8, 4) is 0 Å². The largest absolute Gasteiger partial charge is 0.424 e. The molecule has 7 heteroatoms. The van der Waals surface area contributed by atoms with E-state index in [0.29, 0.717) is 0 Å². The average molecular weight is 310 g/mol.